The Morgan fingerprint density at radius 3 is 2.86 bits per heavy atom. The van der Waals surface area contributed by atoms with Gasteiger partial charge in [0.15, 0.2) is 0 Å². The minimum atomic E-state index is -3.69. The average Bonchev–Trinajstić information content (AvgIpc) is 2.47. The summed E-state index contributed by atoms with van der Waals surface area (Å²) in [6, 6.07) is 2.72. The van der Waals surface area contributed by atoms with Crippen molar-refractivity contribution < 1.29 is 13.5 Å². The van der Waals surface area contributed by atoms with Crippen LogP contribution in [0.1, 0.15) is 39.0 Å². The number of nitrogens with one attached hydrogen (secondary N) is 2. The summed E-state index contributed by atoms with van der Waals surface area (Å²) in [5, 5.41) is 13.0. The second-order valence-corrected chi connectivity index (χ2v) is 7.04. The minimum absolute atomic E-state index is 0.135. The summed E-state index contributed by atoms with van der Waals surface area (Å²) in [6.45, 7) is 2.66. The minimum Gasteiger partial charge on any atom is -0.391 e. The number of sulfonamides is 1. The lowest BCUT2D eigenvalue weighted by Crippen LogP contribution is -2.45. The van der Waals surface area contributed by atoms with E-state index in [0.29, 0.717) is 25.2 Å². The topological polar surface area (TPSA) is 91.3 Å². The highest BCUT2D eigenvalue weighted by Crippen LogP contribution is 2.23. The second-order valence-electron chi connectivity index (χ2n) is 5.36. The van der Waals surface area contributed by atoms with Crippen molar-refractivity contribution in [2.45, 2.75) is 56.1 Å². The van der Waals surface area contributed by atoms with Gasteiger partial charge in [-0.15, -0.1) is 0 Å². The van der Waals surface area contributed by atoms with Gasteiger partial charge in [0, 0.05) is 18.8 Å². The fourth-order valence-electron chi connectivity index (χ4n) is 2.50. The molecule has 1 saturated carbocycles. The van der Waals surface area contributed by atoms with Crippen molar-refractivity contribution in [3.8, 4) is 0 Å². The van der Waals surface area contributed by atoms with Gasteiger partial charge < -0.3 is 10.4 Å². The van der Waals surface area contributed by atoms with E-state index < -0.39 is 22.2 Å². The second kappa shape index (κ2) is 7.20. The molecule has 0 spiro atoms. The highest BCUT2D eigenvalue weighted by molar-refractivity contribution is 7.89. The van der Waals surface area contributed by atoms with Crippen LogP contribution in [-0.4, -0.2) is 37.2 Å². The van der Waals surface area contributed by atoms with Crippen molar-refractivity contribution in [1.82, 2.24) is 9.71 Å². The Kier molecular flexibility index (Phi) is 5.55. The maximum atomic E-state index is 12.5. The molecule has 1 fully saturated rings. The quantitative estimate of drug-likeness (QED) is 0.740. The van der Waals surface area contributed by atoms with Crippen molar-refractivity contribution in [3.63, 3.8) is 0 Å². The maximum absolute atomic E-state index is 12.5. The summed E-state index contributed by atoms with van der Waals surface area (Å²) in [5.74, 6) is 0.358. The highest BCUT2D eigenvalue weighted by atomic mass is 32.2. The summed E-state index contributed by atoms with van der Waals surface area (Å²) in [7, 11) is -3.69. The molecule has 1 aromatic heterocycles. The first-order chi connectivity index (χ1) is 10.0. The molecule has 1 aliphatic carbocycles. The van der Waals surface area contributed by atoms with E-state index in [4.69, 9.17) is 0 Å². The van der Waals surface area contributed by atoms with Crippen LogP contribution in [0.4, 0.5) is 5.82 Å². The van der Waals surface area contributed by atoms with Crippen LogP contribution < -0.4 is 10.0 Å². The number of pyridine rings is 1. The molecule has 0 bridgehead atoms. The van der Waals surface area contributed by atoms with Gasteiger partial charge in [0.2, 0.25) is 10.0 Å². The Morgan fingerprint density at radius 1 is 1.38 bits per heavy atom. The van der Waals surface area contributed by atoms with E-state index in [2.05, 4.69) is 15.0 Å². The third-order valence-electron chi connectivity index (χ3n) is 3.64. The molecule has 7 heteroatoms. The number of aromatic nitrogens is 1. The number of anilines is 1. The molecule has 2 unspecified atom stereocenters. The van der Waals surface area contributed by atoms with Gasteiger partial charge in [-0.3, -0.25) is 0 Å². The molecule has 21 heavy (non-hydrogen) atoms. The van der Waals surface area contributed by atoms with E-state index in [1.165, 1.54) is 6.07 Å². The lowest BCUT2D eigenvalue weighted by atomic mass is 9.93. The van der Waals surface area contributed by atoms with Gasteiger partial charge in [0.05, 0.1) is 6.10 Å². The van der Waals surface area contributed by atoms with Crippen molar-refractivity contribution in [2.24, 2.45) is 0 Å². The molecule has 2 atom stereocenters. The van der Waals surface area contributed by atoms with E-state index in [9.17, 15) is 13.5 Å². The van der Waals surface area contributed by atoms with Crippen molar-refractivity contribution in [2.75, 3.05) is 11.9 Å². The molecule has 3 N–H and O–H groups in total. The van der Waals surface area contributed by atoms with Crippen LogP contribution in [0.2, 0.25) is 0 Å². The maximum Gasteiger partial charge on any atom is 0.244 e. The van der Waals surface area contributed by atoms with Gasteiger partial charge >= 0.3 is 0 Å². The van der Waals surface area contributed by atoms with Gasteiger partial charge in [-0.1, -0.05) is 19.8 Å². The first-order valence-electron chi connectivity index (χ1n) is 7.44. The largest absolute Gasteiger partial charge is 0.391 e. The monoisotopic (exact) mass is 313 g/mol. The Labute approximate surface area is 126 Å². The van der Waals surface area contributed by atoms with E-state index in [1.807, 2.05) is 6.92 Å². The smallest absolute Gasteiger partial charge is 0.244 e. The average molecular weight is 313 g/mol. The third kappa shape index (κ3) is 4.15. The summed E-state index contributed by atoms with van der Waals surface area (Å²) in [4.78, 5) is 4.24. The van der Waals surface area contributed by atoms with Gasteiger partial charge in [0.1, 0.15) is 10.7 Å². The molecule has 0 radical (unpaired) electrons. The fraction of sp³-hybridized carbons (Fsp3) is 0.643. The molecular formula is C14H23N3O3S. The predicted molar refractivity (Wildman–Crippen MR) is 81.6 cm³/mol. The SMILES string of the molecule is CCCNc1ncccc1S(=O)(=O)NC1CCCCC1O. The van der Waals surface area contributed by atoms with Crippen LogP contribution in [-0.2, 0) is 10.0 Å². The van der Waals surface area contributed by atoms with Crippen molar-refractivity contribution in [1.29, 1.82) is 0 Å². The molecule has 0 amide bonds. The fourth-order valence-corrected chi connectivity index (χ4v) is 3.93. The van der Waals surface area contributed by atoms with Crippen LogP contribution >= 0.6 is 0 Å². The lowest BCUT2D eigenvalue weighted by Gasteiger charge is -2.28. The Balaban J connectivity index is 2.18. The zero-order valence-corrected chi connectivity index (χ0v) is 13.1. The van der Waals surface area contributed by atoms with E-state index in [0.717, 1.165) is 19.3 Å². The lowest BCUT2D eigenvalue weighted by molar-refractivity contribution is 0.101. The molecule has 1 heterocycles. The molecule has 1 aromatic rings. The highest BCUT2D eigenvalue weighted by Gasteiger charge is 2.29. The molecule has 6 nitrogen and oxygen atoms in total. The predicted octanol–water partition coefficient (Wildman–Crippen LogP) is 1.49. The third-order valence-corrected chi connectivity index (χ3v) is 5.16. The Bertz CT molecular complexity index is 562. The van der Waals surface area contributed by atoms with Crippen molar-refractivity contribution in [3.05, 3.63) is 18.3 Å². The number of aliphatic hydroxyl groups excluding tert-OH is 1. The number of nitrogens with zero attached hydrogens (tertiary/aromatic N) is 1. The van der Waals surface area contributed by atoms with E-state index >= 15 is 0 Å². The summed E-state index contributed by atoms with van der Waals surface area (Å²) in [5.41, 5.74) is 0. The standard InChI is InChI=1S/C14H23N3O3S/c1-2-9-15-14-13(8-5-10-16-14)21(19,20)17-11-6-3-4-7-12(11)18/h5,8,10-12,17-18H,2-4,6-7,9H2,1H3,(H,15,16). The zero-order chi connectivity index (χ0) is 15.3. The molecule has 118 valence electrons. The number of hydrogen-bond acceptors (Lipinski definition) is 5. The summed E-state index contributed by atoms with van der Waals surface area (Å²) >= 11 is 0. The van der Waals surface area contributed by atoms with Gasteiger partial charge in [-0.05, 0) is 31.4 Å². The molecule has 0 saturated heterocycles. The van der Waals surface area contributed by atoms with Gasteiger partial charge in [-0.25, -0.2) is 18.1 Å². The van der Waals surface area contributed by atoms with Gasteiger partial charge in [-0.2, -0.15) is 0 Å². The summed E-state index contributed by atoms with van der Waals surface area (Å²) < 4.78 is 27.7. The molecule has 2 rings (SSSR count). The normalized spacial score (nSPS) is 23.0. The number of rotatable bonds is 6. The van der Waals surface area contributed by atoms with E-state index in [-0.39, 0.29) is 4.90 Å². The summed E-state index contributed by atoms with van der Waals surface area (Å²) in [6.07, 6.45) is 5.00. The van der Waals surface area contributed by atoms with Gasteiger partial charge in [0.25, 0.3) is 0 Å². The van der Waals surface area contributed by atoms with Crippen LogP contribution in [0.15, 0.2) is 23.2 Å². The molecule has 0 aliphatic heterocycles. The number of aliphatic hydroxyl groups is 1. The van der Waals surface area contributed by atoms with Crippen LogP contribution in [0.25, 0.3) is 0 Å². The number of hydrogen-bond donors (Lipinski definition) is 3. The van der Waals surface area contributed by atoms with Crippen LogP contribution in [0.3, 0.4) is 0 Å². The first-order valence-corrected chi connectivity index (χ1v) is 8.92. The van der Waals surface area contributed by atoms with Crippen LogP contribution in [0, 0.1) is 0 Å². The molecule has 0 aromatic carbocycles. The zero-order valence-electron chi connectivity index (χ0n) is 12.2. The Morgan fingerprint density at radius 2 is 2.14 bits per heavy atom. The first kappa shape index (κ1) is 16.2. The van der Waals surface area contributed by atoms with Crippen molar-refractivity contribution >= 4 is 15.8 Å². The molecular weight excluding hydrogens is 290 g/mol. The van der Waals surface area contributed by atoms with Crippen LogP contribution in [0.5, 0.6) is 0 Å². The van der Waals surface area contributed by atoms with E-state index in [1.54, 1.807) is 12.3 Å². The Hall–Kier alpha value is -1.18. The molecule has 1 aliphatic rings.